The molecule has 1 N–H and O–H groups in total. The number of hydrogen-bond donors (Lipinski definition) is 1. The number of aromatic hydroxyl groups is 1. The Morgan fingerprint density at radius 2 is 1.35 bits per heavy atom. The number of unbranched alkanes of at least 4 members (excludes halogenated alkanes) is 1. The summed E-state index contributed by atoms with van der Waals surface area (Å²) in [7, 11) is 0. The summed E-state index contributed by atoms with van der Waals surface area (Å²) >= 11 is 1.89. The molecule has 0 amide bonds. The number of benzene rings is 4. The Kier molecular flexibility index (Phi) is 4.85. The van der Waals surface area contributed by atoms with Crippen LogP contribution in [0.3, 0.4) is 0 Å². The molecular weight excluding hydrogens is 336 g/mol. The van der Waals surface area contributed by atoms with Gasteiger partial charge in [-0.1, -0.05) is 74.0 Å². The van der Waals surface area contributed by atoms with Crippen LogP contribution in [0.15, 0.2) is 77.7 Å². The van der Waals surface area contributed by atoms with E-state index in [1.54, 1.807) is 0 Å². The summed E-state index contributed by atoms with van der Waals surface area (Å²) in [5.41, 5.74) is 2.09. The van der Waals surface area contributed by atoms with Crippen LogP contribution in [0.4, 0.5) is 0 Å². The van der Waals surface area contributed by atoms with Crippen molar-refractivity contribution >= 4 is 33.3 Å². The SMILES string of the molecule is CCCCSc1ccc2ccccc2c1-c1c(O)ccc2ccccc12. The molecule has 26 heavy (non-hydrogen) atoms. The summed E-state index contributed by atoms with van der Waals surface area (Å²) in [6, 6.07) is 25.0. The summed E-state index contributed by atoms with van der Waals surface area (Å²) < 4.78 is 0. The zero-order valence-electron chi connectivity index (χ0n) is 14.9. The molecule has 0 aromatic heterocycles. The van der Waals surface area contributed by atoms with E-state index in [4.69, 9.17) is 0 Å². The van der Waals surface area contributed by atoms with Crippen molar-refractivity contribution < 1.29 is 5.11 Å². The van der Waals surface area contributed by atoms with Crippen LogP contribution in [0.1, 0.15) is 19.8 Å². The van der Waals surface area contributed by atoms with Crippen molar-refractivity contribution in [1.29, 1.82) is 0 Å². The van der Waals surface area contributed by atoms with E-state index in [1.165, 1.54) is 28.5 Å². The van der Waals surface area contributed by atoms with Crippen LogP contribution >= 0.6 is 11.8 Å². The van der Waals surface area contributed by atoms with Crippen molar-refractivity contribution in [2.75, 3.05) is 5.75 Å². The Morgan fingerprint density at radius 1 is 0.731 bits per heavy atom. The Bertz CT molecular complexity index is 1070. The third kappa shape index (κ3) is 3.06. The minimum Gasteiger partial charge on any atom is -0.507 e. The van der Waals surface area contributed by atoms with E-state index < -0.39 is 0 Å². The van der Waals surface area contributed by atoms with Gasteiger partial charge in [-0.2, -0.15) is 0 Å². The monoisotopic (exact) mass is 358 g/mol. The normalized spacial score (nSPS) is 11.3. The summed E-state index contributed by atoms with van der Waals surface area (Å²) in [5, 5.41) is 15.5. The fourth-order valence-corrected chi connectivity index (χ4v) is 4.65. The molecule has 0 atom stereocenters. The predicted octanol–water partition coefficient (Wildman–Crippen LogP) is 7.26. The molecule has 0 spiro atoms. The zero-order chi connectivity index (χ0) is 17.9. The maximum absolute atomic E-state index is 10.8. The van der Waals surface area contributed by atoms with E-state index in [2.05, 4.69) is 55.5 Å². The second kappa shape index (κ2) is 7.43. The number of hydrogen-bond acceptors (Lipinski definition) is 2. The van der Waals surface area contributed by atoms with Gasteiger partial charge in [-0.3, -0.25) is 0 Å². The molecule has 1 nitrogen and oxygen atoms in total. The molecule has 0 aliphatic carbocycles. The Balaban J connectivity index is 2.04. The van der Waals surface area contributed by atoms with E-state index in [0.717, 1.165) is 27.7 Å². The van der Waals surface area contributed by atoms with Crippen molar-refractivity contribution in [3.05, 3.63) is 72.8 Å². The third-order valence-corrected chi connectivity index (χ3v) is 5.95. The average molecular weight is 359 g/mol. The fraction of sp³-hybridized carbons (Fsp3) is 0.167. The smallest absolute Gasteiger partial charge is 0.124 e. The molecule has 0 fully saturated rings. The van der Waals surface area contributed by atoms with Crippen molar-refractivity contribution in [1.82, 2.24) is 0 Å². The predicted molar refractivity (Wildman–Crippen MR) is 114 cm³/mol. The largest absolute Gasteiger partial charge is 0.507 e. The van der Waals surface area contributed by atoms with Gasteiger partial charge in [-0.05, 0) is 45.9 Å². The molecule has 2 heteroatoms. The first-order valence-corrected chi connectivity index (χ1v) is 10.1. The van der Waals surface area contributed by atoms with Crippen molar-refractivity contribution in [3.8, 4) is 16.9 Å². The molecule has 0 heterocycles. The molecule has 130 valence electrons. The second-order valence-corrected chi connectivity index (χ2v) is 7.68. The molecule has 0 aliphatic rings. The first-order valence-electron chi connectivity index (χ1n) is 9.15. The maximum atomic E-state index is 10.8. The molecule has 0 unspecified atom stereocenters. The molecule has 0 saturated carbocycles. The van der Waals surface area contributed by atoms with Crippen LogP contribution < -0.4 is 0 Å². The van der Waals surface area contributed by atoms with Gasteiger partial charge in [-0.15, -0.1) is 11.8 Å². The van der Waals surface area contributed by atoms with Gasteiger partial charge in [0.05, 0.1) is 0 Å². The standard InChI is InChI=1S/C24H22OS/c1-2-3-16-26-22-15-13-18-9-5-7-11-20(18)24(22)23-19-10-6-4-8-17(19)12-14-21(23)25/h4-15,25H,2-3,16H2,1H3. The van der Waals surface area contributed by atoms with Crippen molar-refractivity contribution in [2.24, 2.45) is 0 Å². The van der Waals surface area contributed by atoms with Crippen LogP contribution in [-0.2, 0) is 0 Å². The van der Waals surface area contributed by atoms with E-state index in [9.17, 15) is 5.11 Å². The summed E-state index contributed by atoms with van der Waals surface area (Å²) in [6.45, 7) is 2.22. The first kappa shape index (κ1) is 17.0. The Hall–Kier alpha value is -2.45. The molecular formula is C24H22OS. The van der Waals surface area contributed by atoms with Gasteiger partial charge in [0.15, 0.2) is 0 Å². The molecule has 0 saturated heterocycles. The van der Waals surface area contributed by atoms with Crippen LogP contribution in [0.2, 0.25) is 0 Å². The van der Waals surface area contributed by atoms with E-state index in [-0.39, 0.29) is 0 Å². The summed E-state index contributed by atoms with van der Waals surface area (Å²) in [6.07, 6.45) is 2.38. The van der Waals surface area contributed by atoms with Crippen LogP contribution in [0, 0.1) is 0 Å². The highest BCUT2D eigenvalue weighted by molar-refractivity contribution is 7.99. The highest BCUT2D eigenvalue weighted by Crippen LogP contribution is 2.44. The molecule has 0 bridgehead atoms. The first-order chi connectivity index (χ1) is 12.8. The lowest BCUT2D eigenvalue weighted by Crippen LogP contribution is -1.90. The topological polar surface area (TPSA) is 20.2 Å². The van der Waals surface area contributed by atoms with Crippen molar-refractivity contribution in [2.45, 2.75) is 24.7 Å². The number of phenolic OH excluding ortho intramolecular Hbond substituents is 1. The number of fused-ring (bicyclic) bond motifs is 2. The minimum absolute atomic E-state index is 0.345. The maximum Gasteiger partial charge on any atom is 0.124 e. The third-order valence-electron chi connectivity index (χ3n) is 4.80. The number of thioether (sulfide) groups is 1. The van der Waals surface area contributed by atoms with Gasteiger partial charge in [0.2, 0.25) is 0 Å². The highest BCUT2D eigenvalue weighted by atomic mass is 32.2. The fourth-order valence-electron chi connectivity index (χ4n) is 3.48. The summed E-state index contributed by atoms with van der Waals surface area (Å²) in [5.74, 6) is 1.44. The van der Waals surface area contributed by atoms with Gasteiger partial charge in [-0.25, -0.2) is 0 Å². The lowest BCUT2D eigenvalue weighted by atomic mass is 9.93. The lowest BCUT2D eigenvalue weighted by molar-refractivity contribution is 0.478. The van der Waals surface area contributed by atoms with Crippen molar-refractivity contribution in [3.63, 3.8) is 0 Å². The molecule has 4 aromatic carbocycles. The minimum atomic E-state index is 0.345. The van der Waals surface area contributed by atoms with Gasteiger partial charge < -0.3 is 5.11 Å². The second-order valence-electron chi connectivity index (χ2n) is 6.54. The Morgan fingerprint density at radius 3 is 2.04 bits per heavy atom. The number of rotatable bonds is 5. The molecule has 0 aliphatic heterocycles. The van der Waals surface area contributed by atoms with E-state index in [0.29, 0.717) is 5.75 Å². The summed E-state index contributed by atoms with van der Waals surface area (Å²) in [4.78, 5) is 1.24. The molecule has 4 aromatic rings. The number of phenols is 1. The van der Waals surface area contributed by atoms with Gasteiger partial charge in [0.25, 0.3) is 0 Å². The lowest BCUT2D eigenvalue weighted by Gasteiger charge is -2.16. The zero-order valence-corrected chi connectivity index (χ0v) is 15.7. The van der Waals surface area contributed by atoms with E-state index in [1.807, 2.05) is 36.0 Å². The molecule has 4 rings (SSSR count). The van der Waals surface area contributed by atoms with Gasteiger partial charge in [0.1, 0.15) is 5.75 Å². The van der Waals surface area contributed by atoms with Crippen LogP contribution in [-0.4, -0.2) is 10.9 Å². The Labute approximate surface area is 158 Å². The van der Waals surface area contributed by atoms with Crippen LogP contribution in [0.25, 0.3) is 32.7 Å². The molecule has 0 radical (unpaired) electrons. The van der Waals surface area contributed by atoms with E-state index >= 15 is 0 Å². The van der Waals surface area contributed by atoms with Gasteiger partial charge >= 0.3 is 0 Å². The quantitative estimate of drug-likeness (QED) is 0.299. The highest BCUT2D eigenvalue weighted by Gasteiger charge is 2.16. The van der Waals surface area contributed by atoms with Gasteiger partial charge in [0, 0.05) is 16.0 Å². The average Bonchev–Trinajstić information content (AvgIpc) is 2.68. The van der Waals surface area contributed by atoms with Crippen LogP contribution in [0.5, 0.6) is 5.75 Å².